The average molecular weight is 327 g/mol. The third-order valence-electron chi connectivity index (χ3n) is 4.29. The fourth-order valence-electron chi connectivity index (χ4n) is 3.04. The molecular weight excluding hydrogens is 304 g/mol. The first-order valence-corrected chi connectivity index (χ1v) is 7.60. The lowest BCUT2D eigenvalue weighted by Gasteiger charge is -2.35. The van der Waals surface area contributed by atoms with Crippen LogP contribution in [0, 0.1) is 5.92 Å². The zero-order valence-corrected chi connectivity index (χ0v) is 13.6. The lowest BCUT2D eigenvalue weighted by Crippen LogP contribution is -2.45. The highest BCUT2D eigenvalue weighted by atomic mass is 35.5. The molecule has 1 amide bonds. The number of fused-ring (bicyclic) bond motifs is 1. The van der Waals surface area contributed by atoms with Crippen LogP contribution >= 0.6 is 12.4 Å². The maximum Gasteiger partial charge on any atom is 0.257 e. The molecule has 2 unspecified atom stereocenters. The second-order valence-corrected chi connectivity index (χ2v) is 5.84. The minimum atomic E-state index is 0. The lowest BCUT2D eigenvalue weighted by molar-refractivity contribution is 0.0651. The Bertz CT molecular complexity index is 536. The highest BCUT2D eigenvalue weighted by Crippen LogP contribution is 2.35. The minimum absolute atomic E-state index is 0. The molecule has 0 bridgehead atoms. The smallest absolute Gasteiger partial charge is 0.257 e. The number of carbonyl (C=O) groups excluding carboxylic acids is 1. The van der Waals surface area contributed by atoms with E-state index in [4.69, 9.17) is 15.2 Å². The molecule has 0 aliphatic carbocycles. The van der Waals surface area contributed by atoms with E-state index in [1.807, 2.05) is 30.0 Å². The van der Waals surface area contributed by atoms with Crippen LogP contribution in [0.2, 0.25) is 0 Å². The van der Waals surface area contributed by atoms with Crippen molar-refractivity contribution in [2.24, 2.45) is 11.7 Å². The summed E-state index contributed by atoms with van der Waals surface area (Å²) in [5, 5.41) is 0. The number of rotatable bonds is 2. The molecule has 0 radical (unpaired) electrons. The largest absolute Gasteiger partial charge is 0.486 e. The summed E-state index contributed by atoms with van der Waals surface area (Å²) < 4.78 is 11.2. The quantitative estimate of drug-likeness (QED) is 0.903. The molecule has 0 saturated carbocycles. The molecule has 0 aromatic heterocycles. The Balaban J connectivity index is 0.00000176. The molecule has 3 rings (SSSR count). The summed E-state index contributed by atoms with van der Waals surface area (Å²) in [5.74, 6) is 1.63. The number of piperidine rings is 1. The van der Waals surface area contributed by atoms with Gasteiger partial charge in [0, 0.05) is 19.1 Å². The molecule has 6 heteroatoms. The molecule has 1 aromatic carbocycles. The van der Waals surface area contributed by atoms with Gasteiger partial charge in [-0.2, -0.15) is 0 Å². The Morgan fingerprint density at radius 3 is 2.91 bits per heavy atom. The summed E-state index contributed by atoms with van der Waals surface area (Å²) in [6.45, 7) is 4.54. The normalized spacial score (nSPS) is 21.7. The molecule has 1 aromatic rings. The van der Waals surface area contributed by atoms with Gasteiger partial charge in [-0.15, -0.1) is 12.4 Å². The van der Waals surface area contributed by atoms with Crippen molar-refractivity contribution in [2.45, 2.75) is 25.8 Å². The zero-order valence-electron chi connectivity index (χ0n) is 12.8. The Hall–Kier alpha value is -1.46. The first-order valence-electron chi connectivity index (χ1n) is 7.60. The van der Waals surface area contributed by atoms with Crippen molar-refractivity contribution >= 4 is 18.3 Å². The maximum atomic E-state index is 12.8. The van der Waals surface area contributed by atoms with Crippen LogP contribution in [0.1, 0.15) is 30.1 Å². The highest BCUT2D eigenvalue weighted by Gasteiger charge is 2.29. The molecule has 2 aliphatic rings. The van der Waals surface area contributed by atoms with Crippen molar-refractivity contribution in [1.82, 2.24) is 4.90 Å². The van der Waals surface area contributed by atoms with Crippen LogP contribution in [0.25, 0.3) is 0 Å². The van der Waals surface area contributed by atoms with Gasteiger partial charge < -0.3 is 20.1 Å². The fourth-order valence-corrected chi connectivity index (χ4v) is 3.04. The Kier molecular flexibility index (Phi) is 5.53. The number of nitrogens with two attached hydrogens (primary N) is 1. The van der Waals surface area contributed by atoms with Gasteiger partial charge in [0.25, 0.3) is 5.91 Å². The third kappa shape index (κ3) is 3.31. The Morgan fingerprint density at radius 2 is 2.14 bits per heavy atom. The second kappa shape index (κ2) is 7.20. The summed E-state index contributed by atoms with van der Waals surface area (Å²) in [6, 6.07) is 5.61. The molecule has 1 fully saturated rings. The minimum Gasteiger partial charge on any atom is -0.486 e. The van der Waals surface area contributed by atoms with Crippen molar-refractivity contribution < 1.29 is 14.3 Å². The van der Waals surface area contributed by atoms with Crippen LogP contribution in [-0.4, -0.2) is 43.2 Å². The van der Waals surface area contributed by atoms with Crippen LogP contribution < -0.4 is 15.2 Å². The summed E-state index contributed by atoms with van der Waals surface area (Å²) in [4.78, 5) is 14.7. The van der Waals surface area contributed by atoms with E-state index in [9.17, 15) is 4.79 Å². The molecule has 22 heavy (non-hydrogen) atoms. The standard InChI is InChI=1S/C16H22N2O3.ClH/c1-11(17)12-4-3-7-18(10-12)16(19)13-5-2-6-14-15(13)21-9-8-20-14;/h2,5-6,11-12H,3-4,7-10,17H2,1H3;1H. The van der Waals surface area contributed by atoms with Crippen molar-refractivity contribution in [2.75, 3.05) is 26.3 Å². The summed E-state index contributed by atoms with van der Waals surface area (Å²) in [5.41, 5.74) is 6.59. The van der Waals surface area contributed by atoms with E-state index in [0.29, 0.717) is 36.2 Å². The van der Waals surface area contributed by atoms with Crippen molar-refractivity contribution in [3.05, 3.63) is 23.8 Å². The molecule has 122 valence electrons. The van der Waals surface area contributed by atoms with E-state index in [1.165, 1.54) is 0 Å². The van der Waals surface area contributed by atoms with Crippen LogP contribution in [0.5, 0.6) is 11.5 Å². The van der Waals surface area contributed by atoms with Gasteiger partial charge >= 0.3 is 0 Å². The summed E-state index contributed by atoms with van der Waals surface area (Å²) >= 11 is 0. The lowest BCUT2D eigenvalue weighted by atomic mass is 9.92. The number of para-hydroxylation sites is 1. The first-order chi connectivity index (χ1) is 10.2. The van der Waals surface area contributed by atoms with Gasteiger partial charge in [-0.25, -0.2) is 0 Å². The predicted octanol–water partition coefficient (Wildman–Crippen LogP) is 2.08. The number of halogens is 1. The van der Waals surface area contributed by atoms with Crippen LogP contribution in [0.15, 0.2) is 18.2 Å². The van der Waals surface area contributed by atoms with Gasteiger partial charge in [-0.1, -0.05) is 6.07 Å². The van der Waals surface area contributed by atoms with Gasteiger partial charge in [-0.05, 0) is 37.8 Å². The average Bonchev–Trinajstić information content (AvgIpc) is 2.53. The third-order valence-corrected chi connectivity index (χ3v) is 4.29. The second-order valence-electron chi connectivity index (χ2n) is 5.84. The predicted molar refractivity (Wildman–Crippen MR) is 87.0 cm³/mol. The van der Waals surface area contributed by atoms with E-state index >= 15 is 0 Å². The van der Waals surface area contributed by atoms with Crippen LogP contribution in [0.4, 0.5) is 0 Å². The molecule has 1 saturated heterocycles. The molecule has 2 N–H and O–H groups in total. The topological polar surface area (TPSA) is 64.8 Å². The monoisotopic (exact) mass is 326 g/mol. The van der Waals surface area contributed by atoms with Crippen LogP contribution in [-0.2, 0) is 0 Å². The number of hydrogen-bond donors (Lipinski definition) is 1. The molecule has 2 heterocycles. The fraction of sp³-hybridized carbons (Fsp3) is 0.562. The highest BCUT2D eigenvalue weighted by molar-refractivity contribution is 5.98. The van der Waals surface area contributed by atoms with E-state index in [1.54, 1.807) is 0 Å². The van der Waals surface area contributed by atoms with Gasteiger partial charge in [0.2, 0.25) is 0 Å². The van der Waals surface area contributed by atoms with Gasteiger partial charge in [0.05, 0.1) is 5.56 Å². The molecular formula is C16H23ClN2O3. The van der Waals surface area contributed by atoms with Gasteiger partial charge in [-0.3, -0.25) is 4.79 Å². The Labute approximate surface area is 137 Å². The zero-order chi connectivity index (χ0) is 14.8. The number of ether oxygens (including phenoxy) is 2. The number of amides is 1. The van der Waals surface area contributed by atoms with Gasteiger partial charge in [0.15, 0.2) is 11.5 Å². The summed E-state index contributed by atoms with van der Waals surface area (Å²) in [7, 11) is 0. The molecule has 2 aliphatic heterocycles. The number of benzene rings is 1. The SMILES string of the molecule is CC(N)C1CCCN(C(=O)c2cccc3c2OCCO3)C1.Cl. The van der Waals surface area contributed by atoms with E-state index < -0.39 is 0 Å². The van der Waals surface area contributed by atoms with E-state index in [2.05, 4.69) is 0 Å². The van der Waals surface area contributed by atoms with E-state index in [-0.39, 0.29) is 24.4 Å². The molecule has 0 spiro atoms. The maximum absolute atomic E-state index is 12.8. The van der Waals surface area contributed by atoms with Crippen molar-refractivity contribution in [1.29, 1.82) is 0 Å². The first kappa shape index (κ1) is 16.9. The number of likely N-dealkylation sites (tertiary alicyclic amines) is 1. The van der Waals surface area contributed by atoms with Crippen molar-refractivity contribution in [3.63, 3.8) is 0 Å². The number of hydrogen-bond acceptors (Lipinski definition) is 4. The molecule has 2 atom stereocenters. The van der Waals surface area contributed by atoms with Crippen LogP contribution in [0.3, 0.4) is 0 Å². The van der Waals surface area contributed by atoms with E-state index in [0.717, 1.165) is 25.9 Å². The summed E-state index contributed by atoms with van der Waals surface area (Å²) in [6.07, 6.45) is 2.10. The van der Waals surface area contributed by atoms with Crippen molar-refractivity contribution in [3.8, 4) is 11.5 Å². The number of carbonyl (C=O) groups is 1. The Morgan fingerprint density at radius 1 is 1.36 bits per heavy atom. The number of nitrogens with zero attached hydrogens (tertiary/aromatic N) is 1. The van der Waals surface area contributed by atoms with Gasteiger partial charge in [0.1, 0.15) is 13.2 Å². The molecule has 5 nitrogen and oxygen atoms in total.